The van der Waals surface area contributed by atoms with Crippen molar-refractivity contribution in [2.45, 2.75) is 6.92 Å². The third-order valence-corrected chi connectivity index (χ3v) is 5.95. The molecule has 0 radical (unpaired) electrons. The maximum absolute atomic E-state index is 11.9. The van der Waals surface area contributed by atoms with Gasteiger partial charge in [0.1, 0.15) is 20.9 Å². The second-order valence-electron chi connectivity index (χ2n) is 4.75. The van der Waals surface area contributed by atoms with Crippen molar-refractivity contribution in [3.05, 3.63) is 70.3 Å². The molecule has 1 aromatic heterocycles. The monoisotopic (exact) mass is 406 g/mol. The van der Waals surface area contributed by atoms with Crippen LogP contribution in [0.5, 0.6) is 5.75 Å². The topological polar surface area (TPSA) is 72.8 Å². The number of carboxylic acids is 1. The summed E-state index contributed by atoms with van der Waals surface area (Å²) in [5.74, 6) is -1.09. The fourth-order valence-corrected chi connectivity index (χ4v) is 4.32. The van der Waals surface area contributed by atoms with Crippen molar-refractivity contribution < 1.29 is 24.2 Å². The highest BCUT2D eigenvalue weighted by Crippen LogP contribution is 2.30. The molecule has 0 aliphatic heterocycles. The molecular formula is C18H14O5S3. The van der Waals surface area contributed by atoms with Crippen LogP contribution < -0.4 is 4.74 Å². The zero-order valence-electron chi connectivity index (χ0n) is 13.6. The number of carbonyl (C=O) groups excluding carboxylic acids is 1. The third kappa shape index (κ3) is 5.22. The molecule has 1 heterocycles. The fraction of sp³-hybridized carbons (Fsp3) is 0.0556. The maximum Gasteiger partial charge on any atom is 0.519 e. The highest BCUT2D eigenvalue weighted by atomic mass is 32.9. The van der Waals surface area contributed by atoms with Crippen molar-refractivity contribution >= 4 is 45.0 Å². The van der Waals surface area contributed by atoms with Crippen LogP contribution in [0.15, 0.2) is 66.5 Å². The summed E-state index contributed by atoms with van der Waals surface area (Å²) in [4.78, 5) is 24.2. The number of rotatable bonds is 6. The lowest BCUT2D eigenvalue weighted by atomic mass is 10.2. The molecule has 0 spiro atoms. The maximum atomic E-state index is 11.9. The minimum absolute atomic E-state index is 0.128. The van der Waals surface area contributed by atoms with Gasteiger partial charge in [0.15, 0.2) is 0 Å². The van der Waals surface area contributed by atoms with Gasteiger partial charge in [-0.15, -0.1) is 0 Å². The lowest BCUT2D eigenvalue weighted by Gasteiger charge is -2.09. The van der Waals surface area contributed by atoms with Crippen molar-refractivity contribution in [3.8, 4) is 16.2 Å². The standard InChI is InChI=1S/C18H14O5S3/c1-3-5-13(17(19)20)14(4-2)23-18(21)22-12-8-6-11(7-9-12)15-10-16(24)26-25-15/h3-10H,1H2,2H3,(H,19,20)/b13-5+,14-4+. The smallest absolute Gasteiger partial charge is 0.478 e. The summed E-state index contributed by atoms with van der Waals surface area (Å²) in [6.07, 6.45) is 2.85. The average molecular weight is 407 g/mol. The van der Waals surface area contributed by atoms with Gasteiger partial charge in [0.25, 0.3) is 0 Å². The Morgan fingerprint density at radius 1 is 1.23 bits per heavy atom. The highest BCUT2D eigenvalue weighted by Gasteiger charge is 2.18. The van der Waals surface area contributed by atoms with Crippen LogP contribution in [0.25, 0.3) is 10.4 Å². The first-order valence-corrected chi connectivity index (χ1v) is 9.83. The number of hydrogen-bond acceptors (Lipinski definition) is 7. The van der Waals surface area contributed by atoms with Crippen LogP contribution in [0.3, 0.4) is 0 Å². The van der Waals surface area contributed by atoms with Gasteiger partial charge in [0.2, 0.25) is 0 Å². The molecule has 0 saturated carbocycles. The number of hydrogen-bond donors (Lipinski definition) is 1. The summed E-state index contributed by atoms with van der Waals surface area (Å²) in [6, 6.07) is 8.75. The Balaban J connectivity index is 2.07. The van der Waals surface area contributed by atoms with Gasteiger partial charge >= 0.3 is 12.1 Å². The van der Waals surface area contributed by atoms with Gasteiger partial charge in [-0.25, -0.2) is 9.59 Å². The summed E-state index contributed by atoms with van der Waals surface area (Å²) in [6.45, 7) is 4.99. The summed E-state index contributed by atoms with van der Waals surface area (Å²) in [5.41, 5.74) is 0.757. The van der Waals surface area contributed by atoms with Crippen molar-refractivity contribution in [1.29, 1.82) is 0 Å². The van der Waals surface area contributed by atoms with E-state index in [4.69, 9.17) is 26.8 Å². The molecule has 0 aliphatic carbocycles. The minimum Gasteiger partial charge on any atom is -0.478 e. The zero-order valence-corrected chi connectivity index (χ0v) is 16.1. The Morgan fingerprint density at radius 2 is 1.92 bits per heavy atom. The van der Waals surface area contributed by atoms with E-state index in [0.717, 1.165) is 14.3 Å². The number of carbonyl (C=O) groups is 2. The first kappa shape index (κ1) is 19.8. The van der Waals surface area contributed by atoms with E-state index in [1.165, 1.54) is 28.6 Å². The van der Waals surface area contributed by atoms with Crippen molar-refractivity contribution in [3.63, 3.8) is 0 Å². The van der Waals surface area contributed by atoms with E-state index in [2.05, 4.69) is 6.58 Å². The van der Waals surface area contributed by atoms with Crippen LogP contribution in [0.1, 0.15) is 6.92 Å². The Bertz CT molecular complexity index is 932. The zero-order chi connectivity index (χ0) is 19.1. The number of aliphatic carboxylic acids is 1. The van der Waals surface area contributed by atoms with E-state index in [1.54, 1.807) is 41.5 Å². The molecule has 2 rings (SSSR count). The predicted molar refractivity (Wildman–Crippen MR) is 105 cm³/mol. The van der Waals surface area contributed by atoms with E-state index in [-0.39, 0.29) is 17.1 Å². The van der Waals surface area contributed by atoms with E-state index < -0.39 is 12.1 Å². The highest BCUT2D eigenvalue weighted by molar-refractivity contribution is 7.80. The van der Waals surface area contributed by atoms with Gasteiger partial charge in [-0.2, -0.15) is 0 Å². The molecule has 0 unspecified atom stereocenters. The van der Waals surface area contributed by atoms with Gasteiger partial charge in [0.05, 0.1) is 0 Å². The van der Waals surface area contributed by atoms with E-state index in [1.807, 2.05) is 6.07 Å². The van der Waals surface area contributed by atoms with Gasteiger partial charge < -0.3 is 14.6 Å². The summed E-state index contributed by atoms with van der Waals surface area (Å²) in [7, 11) is 3.09. The lowest BCUT2D eigenvalue weighted by molar-refractivity contribution is -0.132. The summed E-state index contributed by atoms with van der Waals surface area (Å²) in [5, 5.41) is 9.15. The van der Waals surface area contributed by atoms with E-state index in [9.17, 15) is 9.59 Å². The first-order chi connectivity index (χ1) is 12.4. The SMILES string of the molecule is C=C/C=C(C(=O)O)\C(=C/C)OC(=O)Oc1ccc(-c2cc(=S)ss2)cc1. The Labute approximate surface area is 162 Å². The Morgan fingerprint density at radius 3 is 2.42 bits per heavy atom. The molecule has 2 aromatic rings. The van der Waals surface area contributed by atoms with Crippen molar-refractivity contribution in [1.82, 2.24) is 0 Å². The Hall–Kier alpha value is -2.55. The molecule has 0 aliphatic rings. The van der Waals surface area contributed by atoms with Gasteiger partial charge in [-0.05, 0) is 55.0 Å². The molecule has 0 bridgehead atoms. The molecule has 1 aromatic carbocycles. The molecule has 1 N–H and O–H groups in total. The largest absolute Gasteiger partial charge is 0.519 e. The second kappa shape index (κ2) is 9.23. The minimum atomic E-state index is -1.24. The van der Waals surface area contributed by atoms with Crippen LogP contribution in [0.2, 0.25) is 0 Å². The van der Waals surface area contributed by atoms with Crippen LogP contribution in [-0.2, 0) is 9.53 Å². The number of benzene rings is 1. The quantitative estimate of drug-likeness (QED) is 0.124. The molecular weight excluding hydrogens is 392 g/mol. The van der Waals surface area contributed by atoms with Crippen LogP contribution in [0, 0.1) is 3.82 Å². The summed E-state index contributed by atoms with van der Waals surface area (Å²) >= 11 is 5.11. The van der Waals surface area contributed by atoms with Crippen molar-refractivity contribution in [2.24, 2.45) is 0 Å². The molecule has 0 amide bonds. The van der Waals surface area contributed by atoms with Gasteiger partial charge in [-0.1, -0.05) is 45.6 Å². The van der Waals surface area contributed by atoms with E-state index in [0.29, 0.717) is 0 Å². The normalized spacial score (nSPS) is 11.7. The van der Waals surface area contributed by atoms with E-state index >= 15 is 0 Å². The number of allylic oxidation sites excluding steroid dienone is 3. The van der Waals surface area contributed by atoms with Gasteiger partial charge in [0, 0.05) is 4.88 Å². The molecule has 0 saturated heterocycles. The van der Waals surface area contributed by atoms with Crippen LogP contribution in [0.4, 0.5) is 4.79 Å². The molecule has 0 fully saturated rings. The number of carboxylic acid groups (broad SMARTS) is 1. The van der Waals surface area contributed by atoms with Crippen LogP contribution in [-0.4, -0.2) is 17.2 Å². The second-order valence-corrected chi connectivity index (χ2v) is 7.66. The fourth-order valence-electron chi connectivity index (χ4n) is 1.91. The van der Waals surface area contributed by atoms with Crippen LogP contribution >= 0.6 is 32.9 Å². The van der Waals surface area contributed by atoms with Crippen molar-refractivity contribution in [2.75, 3.05) is 0 Å². The predicted octanol–water partition coefficient (Wildman–Crippen LogP) is 5.82. The molecule has 8 heteroatoms. The Kier molecular flexibility index (Phi) is 7.02. The first-order valence-electron chi connectivity index (χ1n) is 7.27. The molecule has 134 valence electrons. The summed E-state index contributed by atoms with van der Waals surface area (Å²) < 4.78 is 10.9. The third-order valence-electron chi connectivity index (χ3n) is 3.04. The molecule has 5 nitrogen and oxygen atoms in total. The molecule has 0 atom stereocenters. The lowest BCUT2D eigenvalue weighted by Crippen LogP contribution is -2.14. The molecule has 26 heavy (non-hydrogen) atoms. The number of ether oxygens (including phenoxy) is 2. The average Bonchev–Trinajstić information content (AvgIpc) is 3.04. The van der Waals surface area contributed by atoms with Gasteiger partial charge in [-0.3, -0.25) is 0 Å².